The average Bonchev–Trinajstić information content (AvgIpc) is 3.86. The molecule has 2 bridgehead atoms. The average molecular weight is 827 g/mol. The third kappa shape index (κ3) is 9.50. The van der Waals surface area contributed by atoms with Crippen LogP contribution in [0.25, 0.3) is 5.82 Å². The van der Waals surface area contributed by atoms with Crippen LogP contribution in [0.15, 0.2) is 41.9 Å². The summed E-state index contributed by atoms with van der Waals surface area (Å²) in [5, 5.41) is 23.2. The van der Waals surface area contributed by atoms with Crippen molar-refractivity contribution in [2.45, 2.75) is 141 Å². The quantitative estimate of drug-likeness (QED) is 0.288. The molecule has 4 saturated heterocycles. The van der Waals surface area contributed by atoms with E-state index < -0.39 is 83.7 Å². The molecule has 59 heavy (non-hydrogen) atoms. The molecule has 4 fully saturated rings. The van der Waals surface area contributed by atoms with Crippen molar-refractivity contribution in [3.63, 3.8) is 0 Å². The number of amides is 1. The largest absolute Gasteiger partial charge is 0.458 e. The fourth-order valence-electron chi connectivity index (χ4n) is 9.34. The van der Waals surface area contributed by atoms with Crippen LogP contribution < -0.4 is 5.32 Å². The molecule has 0 saturated carbocycles. The van der Waals surface area contributed by atoms with E-state index in [-0.39, 0.29) is 44.2 Å². The van der Waals surface area contributed by atoms with Crippen molar-refractivity contribution in [3.05, 3.63) is 42.4 Å². The summed E-state index contributed by atoms with van der Waals surface area (Å²) in [5.41, 5.74) is -1.43. The van der Waals surface area contributed by atoms with Gasteiger partial charge in [0.2, 0.25) is 0 Å². The molecule has 0 aromatic carbocycles. The highest BCUT2D eigenvalue weighted by Gasteiger charge is 2.57. The van der Waals surface area contributed by atoms with Crippen molar-refractivity contribution >= 4 is 23.6 Å². The number of pyridine rings is 1. The minimum absolute atomic E-state index is 0.0712. The number of Topliss-reactive ketones (excluding diaryl/α,β-unsaturated/α-hetero) is 1. The molecule has 326 valence electrons. The van der Waals surface area contributed by atoms with E-state index in [1.165, 1.54) is 0 Å². The van der Waals surface area contributed by atoms with Gasteiger partial charge in [0.25, 0.3) is 0 Å². The summed E-state index contributed by atoms with van der Waals surface area (Å²) in [6.45, 7) is 14.5. The van der Waals surface area contributed by atoms with E-state index in [0.29, 0.717) is 24.4 Å². The molecule has 4 aliphatic rings. The highest BCUT2D eigenvalue weighted by atomic mass is 16.7. The zero-order valence-electron chi connectivity index (χ0n) is 35.9. The van der Waals surface area contributed by atoms with Crippen LogP contribution in [-0.2, 0) is 49.5 Å². The van der Waals surface area contributed by atoms with Crippen molar-refractivity contribution in [2.24, 2.45) is 28.8 Å². The standard InChI is InChI=1S/C42H62N6O11/c1-11-31-42(8)36(45-40(52)59-42)25(4)33(49)23(2)18-41(7)37(58-39-34(50)30(47(9)10)17-24(3)56-39)26(5)35(27(6)38(51)57-31)53-21-29(22-54-41)46-55-20-28-13-14-32(43-19-28)48-16-12-15-44-48/h12-16,19,23-27,30-31,34-37,39,50H,11,17-18,20-22H2,1-10H3,(H,45,52)/b46-29-/t23-,24-,25+,26-,27-,30+,31-,34-,35+,36+,37-,39+,41-,42-/m1/s1. The number of aliphatic hydroxyl groups is 1. The number of ketones is 1. The smallest absolute Gasteiger partial charge is 0.408 e. The summed E-state index contributed by atoms with van der Waals surface area (Å²) >= 11 is 0. The topological polar surface area (TPSA) is 194 Å². The predicted octanol–water partition coefficient (Wildman–Crippen LogP) is 3.83. The van der Waals surface area contributed by atoms with Gasteiger partial charge in [0, 0.05) is 47.9 Å². The SMILES string of the molecule is CC[C@H]1OC(=O)[C@H](C)[C@H]2OC/C(=N/OCc3ccc(-n4cccn4)nc3)CO[C@](C)(C[C@@H](C)C(=O)[C@H](C)[C@@H]3NC(=O)O[C@]13C)[C@H](O[C@@H]1O[C@H](C)C[C@H](N(C)C)[C@H]1O)[C@@H]2C. The van der Waals surface area contributed by atoms with Crippen molar-refractivity contribution in [2.75, 3.05) is 27.3 Å². The number of ether oxygens (including phenoxy) is 6. The van der Waals surface area contributed by atoms with E-state index in [1.807, 2.05) is 71.8 Å². The first-order valence-electron chi connectivity index (χ1n) is 20.7. The van der Waals surface area contributed by atoms with E-state index in [9.17, 15) is 19.5 Å². The molecule has 17 nitrogen and oxygen atoms in total. The van der Waals surface area contributed by atoms with Crippen LogP contribution in [0.1, 0.15) is 80.2 Å². The highest BCUT2D eigenvalue weighted by molar-refractivity contribution is 5.87. The lowest BCUT2D eigenvalue weighted by atomic mass is 9.73. The van der Waals surface area contributed by atoms with Gasteiger partial charge in [-0.3, -0.25) is 9.59 Å². The zero-order valence-corrected chi connectivity index (χ0v) is 35.9. The predicted molar refractivity (Wildman–Crippen MR) is 213 cm³/mol. The van der Waals surface area contributed by atoms with E-state index >= 15 is 0 Å². The van der Waals surface area contributed by atoms with Gasteiger partial charge < -0.3 is 48.6 Å². The number of carbonyl (C=O) groups excluding carboxylic acids is 3. The number of nitrogens with zero attached hydrogens (tertiary/aromatic N) is 5. The summed E-state index contributed by atoms with van der Waals surface area (Å²) in [5.74, 6) is -2.93. The third-order valence-electron chi connectivity index (χ3n) is 12.6. The number of aromatic nitrogens is 3. The second-order valence-corrected chi connectivity index (χ2v) is 17.4. The summed E-state index contributed by atoms with van der Waals surface area (Å²) in [4.78, 5) is 53.9. The number of carbonyl (C=O) groups is 3. The second kappa shape index (κ2) is 18.3. The number of cyclic esters (lactones) is 1. The molecule has 0 radical (unpaired) electrons. The Kier molecular flexibility index (Phi) is 13.8. The van der Waals surface area contributed by atoms with Crippen LogP contribution in [-0.4, -0.2) is 136 Å². The fourth-order valence-corrected chi connectivity index (χ4v) is 9.34. The van der Waals surface area contributed by atoms with Crippen LogP contribution in [0.2, 0.25) is 0 Å². The molecule has 0 unspecified atom stereocenters. The monoisotopic (exact) mass is 826 g/mol. The van der Waals surface area contributed by atoms with Gasteiger partial charge in [0.1, 0.15) is 30.3 Å². The van der Waals surface area contributed by atoms with Gasteiger partial charge in [-0.05, 0) is 73.2 Å². The Balaban J connectivity index is 1.38. The van der Waals surface area contributed by atoms with Crippen molar-refractivity contribution in [3.8, 4) is 5.82 Å². The van der Waals surface area contributed by atoms with Gasteiger partial charge >= 0.3 is 12.1 Å². The number of fused-ring (bicyclic) bond motifs is 4. The molecule has 2 N–H and O–H groups in total. The molecule has 6 rings (SSSR count). The minimum atomic E-state index is -1.33. The molecule has 14 atom stereocenters. The lowest BCUT2D eigenvalue weighted by Crippen LogP contribution is -2.60. The van der Waals surface area contributed by atoms with Crippen LogP contribution in [0.4, 0.5) is 4.79 Å². The van der Waals surface area contributed by atoms with E-state index in [1.54, 1.807) is 44.0 Å². The number of alkyl carbamates (subject to hydrolysis) is 1. The van der Waals surface area contributed by atoms with E-state index in [2.05, 4.69) is 20.6 Å². The molecule has 2 aromatic rings. The highest BCUT2D eigenvalue weighted by Crippen LogP contribution is 2.42. The lowest BCUT2D eigenvalue weighted by molar-refractivity contribution is -0.302. The maximum Gasteiger partial charge on any atom is 0.408 e. The summed E-state index contributed by atoms with van der Waals surface area (Å²) in [6.07, 6.45) is 0.543. The second-order valence-electron chi connectivity index (χ2n) is 17.4. The number of hydrogen-bond acceptors (Lipinski definition) is 15. The first-order valence-corrected chi connectivity index (χ1v) is 20.7. The fraction of sp³-hybridized carbons (Fsp3) is 0.714. The molecular weight excluding hydrogens is 764 g/mol. The Bertz CT molecular complexity index is 1790. The van der Waals surface area contributed by atoms with Crippen LogP contribution in [0.5, 0.6) is 0 Å². The number of oxime groups is 1. The zero-order chi connectivity index (χ0) is 42.8. The van der Waals surface area contributed by atoms with E-state index in [4.69, 9.17) is 33.3 Å². The maximum atomic E-state index is 14.5. The Morgan fingerprint density at radius 1 is 1.08 bits per heavy atom. The molecular formula is C42H62N6O11. The van der Waals surface area contributed by atoms with Crippen LogP contribution in [0.3, 0.4) is 0 Å². The molecule has 17 heteroatoms. The van der Waals surface area contributed by atoms with Crippen molar-refractivity contribution in [1.29, 1.82) is 0 Å². The first-order chi connectivity index (χ1) is 27.9. The van der Waals surface area contributed by atoms with E-state index in [0.717, 1.165) is 5.56 Å². The number of rotatable bonds is 8. The molecule has 0 aliphatic carbocycles. The maximum absolute atomic E-state index is 14.5. The Morgan fingerprint density at radius 3 is 2.51 bits per heavy atom. The summed E-state index contributed by atoms with van der Waals surface area (Å²) in [7, 11) is 3.80. The molecule has 4 aliphatic heterocycles. The van der Waals surface area contributed by atoms with Crippen LogP contribution in [0, 0.1) is 23.7 Å². The lowest BCUT2D eigenvalue weighted by Gasteiger charge is -2.48. The normalized spacial score (nSPS) is 39.3. The first kappa shape index (κ1) is 44.5. The molecule has 6 heterocycles. The molecule has 1 amide bonds. The van der Waals surface area contributed by atoms with Crippen molar-refractivity contribution in [1.82, 2.24) is 25.0 Å². The molecule has 2 aromatic heterocycles. The number of hydrogen-bond donors (Lipinski definition) is 2. The van der Waals surface area contributed by atoms with Crippen LogP contribution >= 0.6 is 0 Å². The van der Waals surface area contributed by atoms with Gasteiger partial charge in [-0.2, -0.15) is 5.10 Å². The van der Waals surface area contributed by atoms with Crippen molar-refractivity contribution < 1.29 is 52.7 Å². The molecule has 0 spiro atoms. The van der Waals surface area contributed by atoms with Gasteiger partial charge in [-0.25, -0.2) is 14.5 Å². The third-order valence-corrected chi connectivity index (χ3v) is 12.6. The number of esters is 1. The Labute approximate surface area is 346 Å². The van der Waals surface area contributed by atoms with Gasteiger partial charge in [-0.15, -0.1) is 0 Å². The Morgan fingerprint density at radius 2 is 1.85 bits per heavy atom. The Hall–Kier alpha value is -4.00. The number of likely N-dealkylation sites (N-methyl/N-ethyl adjacent to an activating group) is 1. The minimum Gasteiger partial charge on any atom is -0.458 e. The number of nitrogens with one attached hydrogen (secondary N) is 1. The summed E-state index contributed by atoms with van der Waals surface area (Å²) < 4.78 is 40.4. The van der Waals surface area contributed by atoms with Gasteiger partial charge in [0.05, 0.1) is 49.1 Å². The number of aliphatic hydroxyl groups excluding tert-OH is 1. The van der Waals surface area contributed by atoms with Gasteiger partial charge in [0.15, 0.2) is 17.7 Å². The summed E-state index contributed by atoms with van der Waals surface area (Å²) in [6, 6.07) is 4.46. The van der Waals surface area contributed by atoms with Gasteiger partial charge in [-0.1, -0.05) is 38.9 Å².